The molecule has 3 aromatic heterocycles. The van der Waals surface area contributed by atoms with Gasteiger partial charge < -0.3 is 9.47 Å². The van der Waals surface area contributed by atoms with Gasteiger partial charge in [-0.2, -0.15) is 0 Å². The summed E-state index contributed by atoms with van der Waals surface area (Å²) in [7, 11) is 0. The predicted octanol–water partition coefficient (Wildman–Crippen LogP) is 11.3. The maximum absolute atomic E-state index is 5.45. The van der Waals surface area contributed by atoms with Crippen molar-refractivity contribution < 1.29 is 0 Å². The highest BCUT2D eigenvalue weighted by atomic mass is 15.2. The third-order valence-electron chi connectivity index (χ3n) is 10.0. The smallest absolute Gasteiger partial charge is 0.235 e. The quantitative estimate of drug-likeness (QED) is 0.196. The van der Waals surface area contributed by atoms with Crippen molar-refractivity contribution in [2.24, 2.45) is 0 Å². The van der Waals surface area contributed by atoms with Gasteiger partial charge in [0.15, 0.2) is 0 Å². The predicted molar refractivity (Wildman–Crippen MR) is 202 cm³/mol. The van der Waals surface area contributed by atoms with Gasteiger partial charge in [0.1, 0.15) is 0 Å². The normalized spacial score (nSPS) is 12.4. The first-order valence-electron chi connectivity index (χ1n) is 16.6. The Morgan fingerprint density at radius 1 is 0.367 bits per heavy atom. The largest absolute Gasteiger partial charge is 0.309 e. The summed E-state index contributed by atoms with van der Waals surface area (Å²) >= 11 is 0. The Bertz CT molecular complexity index is 2900. The molecule has 11 rings (SSSR count). The molecule has 0 atom stereocenters. The summed E-state index contributed by atoms with van der Waals surface area (Å²) in [4.78, 5) is 13.1. The van der Waals surface area contributed by atoms with Crippen molar-refractivity contribution >= 4 is 71.6 Å². The Morgan fingerprint density at radius 2 is 0.939 bits per heavy atom. The molecule has 0 unspecified atom stereocenters. The van der Waals surface area contributed by atoms with E-state index in [0.717, 1.165) is 61.3 Å². The number of aromatic nitrogens is 4. The molecule has 5 heteroatoms. The van der Waals surface area contributed by atoms with Gasteiger partial charge in [0.05, 0.1) is 55.7 Å². The minimum atomic E-state index is 0.660. The number of anilines is 3. The molecule has 0 saturated carbocycles. The van der Waals surface area contributed by atoms with Crippen LogP contribution in [0.2, 0.25) is 0 Å². The third-order valence-corrected chi connectivity index (χ3v) is 10.0. The molecule has 0 bridgehead atoms. The van der Waals surface area contributed by atoms with Crippen molar-refractivity contribution in [3.05, 3.63) is 164 Å². The Balaban J connectivity index is 1.23. The molecule has 0 N–H and O–H groups in total. The number of nitrogens with zero attached hydrogens (tertiary/aromatic N) is 5. The van der Waals surface area contributed by atoms with E-state index in [0.29, 0.717) is 5.95 Å². The summed E-state index contributed by atoms with van der Waals surface area (Å²) < 4.78 is 4.66. The fourth-order valence-electron chi connectivity index (χ4n) is 8.07. The number of benzene rings is 7. The Labute approximate surface area is 281 Å². The molecule has 0 fully saturated rings. The van der Waals surface area contributed by atoms with Gasteiger partial charge >= 0.3 is 0 Å². The fourth-order valence-corrected chi connectivity index (χ4v) is 8.07. The molecule has 0 spiro atoms. The molecule has 5 nitrogen and oxygen atoms in total. The van der Waals surface area contributed by atoms with Crippen LogP contribution >= 0.6 is 0 Å². The van der Waals surface area contributed by atoms with Crippen molar-refractivity contribution in [2.75, 3.05) is 4.90 Å². The van der Waals surface area contributed by atoms with Crippen molar-refractivity contribution in [3.63, 3.8) is 0 Å². The van der Waals surface area contributed by atoms with E-state index in [9.17, 15) is 0 Å². The number of fused-ring (bicyclic) bond motifs is 8. The Morgan fingerprint density at radius 3 is 1.71 bits per heavy atom. The van der Waals surface area contributed by atoms with E-state index in [1.807, 2.05) is 0 Å². The second-order valence-corrected chi connectivity index (χ2v) is 12.6. The lowest BCUT2D eigenvalue weighted by Gasteiger charge is -2.32. The average molecular weight is 626 g/mol. The van der Waals surface area contributed by atoms with E-state index >= 15 is 0 Å². The van der Waals surface area contributed by atoms with Gasteiger partial charge in [0, 0.05) is 32.8 Å². The van der Waals surface area contributed by atoms with Crippen molar-refractivity contribution in [1.82, 2.24) is 19.1 Å². The minimum absolute atomic E-state index is 0.660. The van der Waals surface area contributed by atoms with Crippen LogP contribution in [0.3, 0.4) is 0 Å². The Kier molecular flexibility index (Phi) is 5.32. The number of para-hydroxylation sites is 5. The molecule has 0 aliphatic carbocycles. The molecule has 1 aliphatic rings. The van der Waals surface area contributed by atoms with Crippen LogP contribution in [0.15, 0.2) is 164 Å². The van der Waals surface area contributed by atoms with Crippen LogP contribution in [0.25, 0.3) is 77.4 Å². The van der Waals surface area contributed by atoms with Gasteiger partial charge in [-0.05, 0) is 60.7 Å². The molecule has 0 saturated heterocycles. The molecule has 10 aromatic rings. The van der Waals surface area contributed by atoms with E-state index in [4.69, 9.17) is 9.97 Å². The molecular weight excluding hydrogens is 599 g/mol. The van der Waals surface area contributed by atoms with E-state index in [1.165, 1.54) is 27.2 Å². The standard InChI is InChI=1S/C44H27N5/c1-2-14-28(15-3-1)47-37-24-11-7-19-32(37)43-42-33(20-12-25-40(42)47)45-44(46-43)49-36-23-10-6-18-31(36)41-38(26-13-27-39(41)49)48-34-21-8-4-16-29(34)30-17-5-9-22-35(30)48/h1-27H. The van der Waals surface area contributed by atoms with Crippen LogP contribution in [-0.4, -0.2) is 19.1 Å². The van der Waals surface area contributed by atoms with Gasteiger partial charge in [-0.3, -0.25) is 4.57 Å². The molecule has 49 heavy (non-hydrogen) atoms. The average Bonchev–Trinajstić information content (AvgIpc) is 3.69. The van der Waals surface area contributed by atoms with Crippen molar-refractivity contribution in [1.29, 1.82) is 0 Å². The topological polar surface area (TPSA) is 38.9 Å². The first-order valence-corrected chi connectivity index (χ1v) is 16.6. The fraction of sp³-hybridized carbons (Fsp3) is 0. The van der Waals surface area contributed by atoms with Crippen LogP contribution < -0.4 is 4.90 Å². The monoisotopic (exact) mass is 625 g/mol. The first-order chi connectivity index (χ1) is 24.3. The van der Waals surface area contributed by atoms with E-state index in [2.05, 4.69) is 178 Å². The van der Waals surface area contributed by atoms with Gasteiger partial charge in [0.25, 0.3) is 0 Å². The van der Waals surface area contributed by atoms with Crippen molar-refractivity contribution in [2.45, 2.75) is 0 Å². The number of rotatable bonds is 3. The highest BCUT2D eigenvalue weighted by molar-refractivity contribution is 6.17. The second kappa shape index (κ2) is 9.89. The zero-order valence-electron chi connectivity index (χ0n) is 26.3. The molecule has 1 aliphatic heterocycles. The van der Waals surface area contributed by atoms with Crippen LogP contribution in [0.4, 0.5) is 17.1 Å². The van der Waals surface area contributed by atoms with Gasteiger partial charge in [-0.1, -0.05) is 103 Å². The highest BCUT2D eigenvalue weighted by Crippen LogP contribution is 2.50. The van der Waals surface area contributed by atoms with Crippen LogP contribution in [-0.2, 0) is 0 Å². The summed E-state index contributed by atoms with van der Waals surface area (Å²) in [5.41, 5.74) is 11.9. The van der Waals surface area contributed by atoms with Gasteiger partial charge in [-0.15, -0.1) is 0 Å². The third kappa shape index (κ3) is 3.59. The summed E-state index contributed by atoms with van der Waals surface area (Å²) in [5, 5.41) is 5.88. The molecule has 7 aromatic carbocycles. The summed E-state index contributed by atoms with van der Waals surface area (Å²) in [6.07, 6.45) is 0. The lowest BCUT2D eigenvalue weighted by Crippen LogP contribution is -2.16. The Hall–Kier alpha value is -6.72. The molecular formula is C44H27N5. The van der Waals surface area contributed by atoms with E-state index in [1.54, 1.807) is 0 Å². The molecule has 0 amide bonds. The summed E-state index contributed by atoms with van der Waals surface area (Å²) in [6.45, 7) is 0. The minimum Gasteiger partial charge on any atom is -0.309 e. The van der Waals surface area contributed by atoms with Gasteiger partial charge in [-0.25, -0.2) is 9.97 Å². The van der Waals surface area contributed by atoms with Crippen LogP contribution in [0.1, 0.15) is 0 Å². The lowest BCUT2D eigenvalue weighted by molar-refractivity contribution is 1.01. The van der Waals surface area contributed by atoms with Gasteiger partial charge in [0.2, 0.25) is 5.95 Å². The molecule has 4 heterocycles. The number of hydrogen-bond acceptors (Lipinski definition) is 3. The highest BCUT2D eigenvalue weighted by Gasteiger charge is 2.29. The van der Waals surface area contributed by atoms with Crippen LogP contribution in [0.5, 0.6) is 0 Å². The lowest BCUT2D eigenvalue weighted by atomic mass is 9.96. The van der Waals surface area contributed by atoms with Crippen molar-refractivity contribution in [3.8, 4) is 22.9 Å². The zero-order valence-corrected chi connectivity index (χ0v) is 26.3. The summed E-state index contributed by atoms with van der Waals surface area (Å²) in [6, 6.07) is 58.1. The first kappa shape index (κ1) is 26.4. The molecule has 228 valence electrons. The SMILES string of the molecule is c1ccc(N2c3ccccc3-c3nc(-n4c5ccccc5c5c(-n6c7ccccc7c7ccccc76)cccc54)nc4cccc2c34)cc1. The maximum Gasteiger partial charge on any atom is 0.235 e. The second-order valence-electron chi connectivity index (χ2n) is 12.6. The van der Waals surface area contributed by atoms with E-state index in [-0.39, 0.29) is 0 Å². The molecule has 0 radical (unpaired) electrons. The maximum atomic E-state index is 5.45. The zero-order chi connectivity index (χ0) is 32.1. The van der Waals surface area contributed by atoms with E-state index < -0.39 is 0 Å². The summed E-state index contributed by atoms with van der Waals surface area (Å²) in [5.74, 6) is 0.660. The number of hydrogen-bond donors (Lipinski definition) is 0. The van der Waals surface area contributed by atoms with Crippen LogP contribution in [0, 0.1) is 0 Å².